The van der Waals surface area contributed by atoms with Crippen LogP contribution in [-0.2, 0) is 11.2 Å². The van der Waals surface area contributed by atoms with E-state index in [9.17, 15) is 0 Å². The first-order chi connectivity index (χ1) is 10.2. The van der Waals surface area contributed by atoms with Crippen molar-refractivity contribution in [3.63, 3.8) is 0 Å². The second-order valence-electron chi connectivity index (χ2n) is 6.02. The van der Waals surface area contributed by atoms with Gasteiger partial charge in [0.15, 0.2) is 0 Å². The van der Waals surface area contributed by atoms with E-state index < -0.39 is 0 Å². The maximum Gasteiger partial charge on any atom is 0.0798 e. The van der Waals surface area contributed by atoms with Crippen LogP contribution in [0.25, 0.3) is 0 Å². The molecule has 1 aromatic rings. The molecule has 128 valence electrons. The van der Waals surface area contributed by atoms with Gasteiger partial charge in [0.1, 0.15) is 0 Å². The highest BCUT2D eigenvalue weighted by Gasteiger charge is 2.16. The lowest BCUT2D eigenvalue weighted by Gasteiger charge is -2.25. The Morgan fingerprint density at radius 1 is 0.864 bits per heavy atom. The van der Waals surface area contributed by atoms with E-state index >= 15 is 0 Å². The van der Waals surface area contributed by atoms with Crippen LogP contribution in [0.15, 0.2) is 0 Å². The molecule has 0 atom stereocenters. The van der Waals surface area contributed by atoms with Crippen LogP contribution in [0.4, 0.5) is 5.69 Å². The van der Waals surface area contributed by atoms with Crippen molar-refractivity contribution >= 4 is 30.1 Å². The summed E-state index contributed by atoms with van der Waals surface area (Å²) in [5.74, 6) is 0. The van der Waals surface area contributed by atoms with Crippen molar-refractivity contribution in [2.24, 2.45) is 0 Å². The zero-order valence-electron chi connectivity index (χ0n) is 15.1. The predicted molar refractivity (Wildman–Crippen MR) is 102 cm³/mol. The molecule has 0 saturated heterocycles. The molecular formula is C16H31N3OS2. The summed E-state index contributed by atoms with van der Waals surface area (Å²) in [4.78, 5) is 6.27. The van der Waals surface area contributed by atoms with Crippen molar-refractivity contribution in [1.29, 1.82) is 0 Å². The zero-order chi connectivity index (χ0) is 17.3. The summed E-state index contributed by atoms with van der Waals surface area (Å²) < 4.78 is 7.31. The number of ether oxygens (including phenoxy) is 1. The Hall–Kier alpha value is -0.400. The molecule has 0 aromatic heterocycles. The standard InChI is InChI=1S/C13H22N2OS2.C3H9N/c1-5-10-11(13(18)12(10)17)15(4)7-9-16-8-6-14(2)3;1-4(2)3/h5-9H2,1-4H3;1-3H3. The summed E-state index contributed by atoms with van der Waals surface area (Å²) in [5, 5.41) is 0. The van der Waals surface area contributed by atoms with E-state index in [0.29, 0.717) is 0 Å². The summed E-state index contributed by atoms with van der Waals surface area (Å²) in [6, 6.07) is 0. The fraction of sp³-hybridized carbons (Fsp3) is 0.750. The van der Waals surface area contributed by atoms with Gasteiger partial charge < -0.3 is 19.4 Å². The number of anilines is 1. The van der Waals surface area contributed by atoms with E-state index in [4.69, 9.17) is 29.2 Å². The lowest BCUT2D eigenvalue weighted by molar-refractivity contribution is 0.123. The van der Waals surface area contributed by atoms with Crippen LogP contribution >= 0.6 is 24.4 Å². The molecule has 0 unspecified atom stereocenters. The average molecular weight is 346 g/mol. The third kappa shape index (κ3) is 7.74. The fourth-order valence-electron chi connectivity index (χ4n) is 1.82. The Balaban J connectivity index is 0.000000980. The fourth-order valence-corrected chi connectivity index (χ4v) is 2.56. The molecule has 0 spiro atoms. The summed E-state index contributed by atoms with van der Waals surface area (Å²) in [7, 11) is 12.1. The Morgan fingerprint density at radius 3 is 1.82 bits per heavy atom. The Labute approximate surface area is 146 Å². The van der Waals surface area contributed by atoms with Crippen molar-refractivity contribution in [2.45, 2.75) is 13.3 Å². The Kier molecular flexibility index (Phi) is 11.0. The molecule has 0 fully saturated rings. The van der Waals surface area contributed by atoms with E-state index in [0.717, 1.165) is 47.4 Å². The molecule has 1 rings (SSSR count). The summed E-state index contributed by atoms with van der Waals surface area (Å²) in [6.07, 6.45) is 0.958. The summed E-state index contributed by atoms with van der Waals surface area (Å²) in [5.41, 5.74) is 2.37. The SMILES string of the molecule is CCc1c(N(C)CCOCCN(C)C)c(=S)c1=S.CN(C)C. The third-order valence-corrected chi connectivity index (χ3v) is 3.95. The normalized spacial score (nSPS) is 11.0. The van der Waals surface area contributed by atoms with Gasteiger partial charge >= 0.3 is 0 Å². The van der Waals surface area contributed by atoms with Gasteiger partial charge in [0.2, 0.25) is 0 Å². The van der Waals surface area contributed by atoms with Crippen molar-refractivity contribution < 1.29 is 4.74 Å². The smallest absolute Gasteiger partial charge is 0.0798 e. The molecule has 0 aliphatic heterocycles. The molecule has 22 heavy (non-hydrogen) atoms. The van der Waals surface area contributed by atoms with E-state index in [1.807, 2.05) is 47.2 Å². The summed E-state index contributed by atoms with van der Waals surface area (Å²) in [6.45, 7) is 5.42. The molecule has 0 bridgehead atoms. The first-order valence-electron chi connectivity index (χ1n) is 7.59. The molecule has 0 radical (unpaired) electrons. The van der Waals surface area contributed by atoms with Crippen molar-refractivity contribution in [1.82, 2.24) is 9.80 Å². The molecule has 0 heterocycles. The highest BCUT2D eigenvalue weighted by atomic mass is 32.1. The van der Waals surface area contributed by atoms with Gasteiger partial charge in [-0.3, -0.25) is 0 Å². The van der Waals surface area contributed by atoms with Crippen molar-refractivity contribution in [3.8, 4) is 0 Å². The third-order valence-electron chi connectivity index (χ3n) is 2.97. The van der Waals surface area contributed by atoms with Gasteiger partial charge in [-0.25, -0.2) is 0 Å². The highest BCUT2D eigenvalue weighted by Crippen LogP contribution is 2.29. The quantitative estimate of drug-likeness (QED) is 0.529. The maximum atomic E-state index is 5.58. The first kappa shape index (κ1) is 21.6. The van der Waals surface area contributed by atoms with Crippen molar-refractivity contribution in [2.75, 3.05) is 73.5 Å². The van der Waals surface area contributed by atoms with E-state index in [2.05, 4.69) is 16.7 Å². The molecule has 6 heteroatoms. The van der Waals surface area contributed by atoms with Crippen LogP contribution in [0.3, 0.4) is 0 Å². The largest absolute Gasteiger partial charge is 0.378 e. The minimum Gasteiger partial charge on any atom is -0.378 e. The molecule has 0 aliphatic carbocycles. The van der Waals surface area contributed by atoms with Gasteiger partial charge in [0.25, 0.3) is 0 Å². The lowest BCUT2D eigenvalue weighted by Crippen LogP contribution is -2.27. The van der Waals surface area contributed by atoms with Gasteiger partial charge in [-0.2, -0.15) is 0 Å². The minimum absolute atomic E-state index is 0.722. The molecule has 0 N–H and O–H groups in total. The van der Waals surface area contributed by atoms with Gasteiger partial charge in [-0.05, 0) is 47.2 Å². The van der Waals surface area contributed by atoms with Crippen LogP contribution < -0.4 is 4.90 Å². The van der Waals surface area contributed by atoms with Crippen LogP contribution in [0.5, 0.6) is 0 Å². The molecular weight excluding hydrogens is 314 g/mol. The van der Waals surface area contributed by atoms with Gasteiger partial charge in [0.05, 0.1) is 27.9 Å². The molecule has 0 saturated carbocycles. The predicted octanol–water partition coefficient (Wildman–Crippen LogP) is 2.78. The molecule has 1 aromatic carbocycles. The summed E-state index contributed by atoms with van der Waals surface area (Å²) >= 11 is 10.5. The second kappa shape index (κ2) is 11.2. The molecule has 4 nitrogen and oxygen atoms in total. The van der Waals surface area contributed by atoms with E-state index in [-0.39, 0.29) is 0 Å². The maximum absolute atomic E-state index is 5.58. The monoisotopic (exact) mass is 345 g/mol. The topological polar surface area (TPSA) is 19.0 Å². The number of likely N-dealkylation sites (N-methyl/N-ethyl adjacent to an activating group) is 2. The van der Waals surface area contributed by atoms with Crippen molar-refractivity contribution in [3.05, 3.63) is 14.6 Å². The average Bonchev–Trinajstić information content (AvgIpc) is 2.41. The Morgan fingerprint density at radius 2 is 1.36 bits per heavy atom. The molecule has 0 amide bonds. The minimum atomic E-state index is 0.722. The van der Waals surface area contributed by atoms with Crippen LogP contribution in [-0.4, -0.2) is 78.4 Å². The number of hydrogen-bond donors (Lipinski definition) is 0. The number of nitrogens with zero attached hydrogens (tertiary/aromatic N) is 3. The second-order valence-corrected chi connectivity index (χ2v) is 6.83. The number of hydrogen-bond acceptors (Lipinski definition) is 6. The van der Waals surface area contributed by atoms with Crippen LogP contribution in [0, 0.1) is 9.02 Å². The highest BCUT2D eigenvalue weighted by molar-refractivity contribution is 7.74. The number of rotatable bonds is 8. The lowest BCUT2D eigenvalue weighted by atomic mass is 10.1. The first-order valence-corrected chi connectivity index (χ1v) is 8.40. The Bertz CT molecular complexity index is 491. The van der Waals surface area contributed by atoms with E-state index in [1.54, 1.807) is 0 Å². The van der Waals surface area contributed by atoms with Crippen LogP contribution in [0.1, 0.15) is 12.5 Å². The van der Waals surface area contributed by atoms with Gasteiger partial charge in [-0.1, -0.05) is 31.4 Å². The van der Waals surface area contributed by atoms with Crippen LogP contribution in [0.2, 0.25) is 0 Å². The zero-order valence-corrected chi connectivity index (χ0v) is 16.7. The molecule has 0 aliphatic rings. The van der Waals surface area contributed by atoms with Gasteiger partial charge in [-0.15, -0.1) is 0 Å². The van der Waals surface area contributed by atoms with Gasteiger partial charge in [0, 0.05) is 20.1 Å². The van der Waals surface area contributed by atoms with E-state index in [1.165, 1.54) is 5.56 Å².